The minimum absolute atomic E-state index is 0.0562. The Morgan fingerprint density at radius 1 is 1.03 bits per heavy atom. The lowest BCUT2D eigenvalue weighted by molar-refractivity contribution is 0.171. The van der Waals surface area contributed by atoms with Crippen molar-refractivity contribution >= 4 is 17.3 Å². The van der Waals surface area contributed by atoms with Crippen LogP contribution >= 0.6 is 11.6 Å². The summed E-state index contributed by atoms with van der Waals surface area (Å²) in [5, 5.41) is 13.3. The number of benzene rings is 2. The minimum atomic E-state index is -0.0562. The SMILES string of the molecule is COCCn1nnnc1C(c1ccc(OC)cc1)N1CCN(c2cccc(Cl)c2)CC1. The Kier molecular flexibility index (Phi) is 7.01. The van der Waals surface area contributed by atoms with Crippen LogP contribution in [-0.2, 0) is 11.3 Å². The molecule has 0 amide bonds. The summed E-state index contributed by atoms with van der Waals surface area (Å²) in [4.78, 5) is 4.79. The van der Waals surface area contributed by atoms with Crippen molar-refractivity contribution in [3.63, 3.8) is 0 Å². The van der Waals surface area contributed by atoms with Crippen molar-refractivity contribution < 1.29 is 9.47 Å². The van der Waals surface area contributed by atoms with Crippen LogP contribution in [0.3, 0.4) is 0 Å². The van der Waals surface area contributed by atoms with E-state index in [1.807, 2.05) is 35.0 Å². The molecule has 0 aliphatic carbocycles. The molecular weight excluding hydrogens is 416 g/mol. The third-order valence-corrected chi connectivity index (χ3v) is 5.83. The van der Waals surface area contributed by atoms with Crippen molar-refractivity contribution in [2.75, 3.05) is 51.9 Å². The normalized spacial score (nSPS) is 15.8. The molecule has 0 N–H and O–H groups in total. The highest BCUT2D eigenvalue weighted by molar-refractivity contribution is 6.30. The number of anilines is 1. The molecule has 1 aliphatic rings. The van der Waals surface area contributed by atoms with Crippen LogP contribution in [0.2, 0.25) is 5.02 Å². The van der Waals surface area contributed by atoms with E-state index in [2.05, 4.69) is 43.5 Å². The van der Waals surface area contributed by atoms with Crippen LogP contribution < -0.4 is 9.64 Å². The van der Waals surface area contributed by atoms with Gasteiger partial charge in [-0.1, -0.05) is 29.8 Å². The zero-order valence-electron chi connectivity index (χ0n) is 17.8. The van der Waals surface area contributed by atoms with Gasteiger partial charge in [-0.05, 0) is 46.3 Å². The third kappa shape index (κ3) is 4.98. The number of aromatic nitrogens is 4. The molecule has 3 aromatic rings. The Morgan fingerprint density at radius 2 is 1.81 bits per heavy atom. The summed E-state index contributed by atoms with van der Waals surface area (Å²) in [6, 6.07) is 16.1. The molecule has 8 nitrogen and oxygen atoms in total. The van der Waals surface area contributed by atoms with Crippen LogP contribution in [0.15, 0.2) is 48.5 Å². The maximum Gasteiger partial charge on any atom is 0.173 e. The zero-order valence-corrected chi connectivity index (χ0v) is 18.6. The minimum Gasteiger partial charge on any atom is -0.497 e. The predicted octanol–water partition coefficient (Wildman–Crippen LogP) is 2.89. The molecule has 0 spiro atoms. The fourth-order valence-corrected chi connectivity index (χ4v) is 4.15. The first kappa shape index (κ1) is 21.5. The molecule has 4 rings (SSSR count). The van der Waals surface area contributed by atoms with Gasteiger partial charge < -0.3 is 14.4 Å². The van der Waals surface area contributed by atoms with Crippen molar-refractivity contribution in [2.24, 2.45) is 0 Å². The number of halogens is 1. The van der Waals surface area contributed by atoms with E-state index in [4.69, 9.17) is 21.1 Å². The van der Waals surface area contributed by atoms with Gasteiger partial charge in [0.1, 0.15) is 5.75 Å². The first-order valence-electron chi connectivity index (χ1n) is 10.3. The monoisotopic (exact) mass is 442 g/mol. The maximum absolute atomic E-state index is 6.19. The predicted molar refractivity (Wildman–Crippen MR) is 120 cm³/mol. The van der Waals surface area contributed by atoms with Crippen LogP contribution in [0.4, 0.5) is 5.69 Å². The van der Waals surface area contributed by atoms with Gasteiger partial charge in [0.05, 0.1) is 26.3 Å². The topological polar surface area (TPSA) is 68.5 Å². The van der Waals surface area contributed by atoms with E-state index in [1.54, 1.807) is 14.2 Å². The summed E-state index contributed by atoms with van der Waals surface area (Å²) in [5.41, 5.74) is 2.28. The van der Waals surface area contributed by atoms with Crippen molar-refractivity contribution in [1.29, 1.82) is 0 Å². The lowest BCUT2D eigenvalue weighted by atomic mass is 10.0. The van der Waals surface area contributed by atoms with E-state index in [9.17, 15) is 0 Å². The Balaban J connectivity index is 1.58. The second-order valence-corrected chi connectivity index (χ2v) is 7.87. The van der Waals surface area contributed by atoms with Gasteiger partial charge in [0.2, 0.25) is 0 Å². The molecule has 1 aromatic heterocycles. The Morgan fingerprint density at radius 3 is 2.48 bits per heavy atom. The number of ether oxygens (including phenoxy) is 2. The second-order valence-electron chi connectivity index (χ2n) is 7.43. The highest BCUT2D eigenvalue weighted by Gasteiger charge is 2.30. The molecule has 0 saturated carbocycles. The van der Waals surface area contributed by atoms with Crippen LogP contribution in [0.1, 0.15) is 17.4 Å². The van der Waals surface area contributed by atoms with Gasteiger partial charge >= 0.3 is 0 Å². The van der Waals surface area contributed by atoms with E-state index >= 15 is 0 Å². The first-order chi connectivity index (χ1) is 15.2. The lowest BCUT2D eigenvalue weighted by Crippen LogP contribution is -2.48. The summed E-state index contributed by atoms with van der Waals surface area (Å²) >= 11 is 6.19. The van der Waals surface area contributed by atoms with Crippen molar-refractivity contribution in [3.05, 3.63) is 64.9 Å². The molecule has 0 bridgehead atoms. The molecule has 0 radical (unpaired) electrons. The summed E-state index contributed by atoms with van der Waals surface area (Å²) in [7, 11) is 3.35. The number of hydrogen-bond acceptors (Lipinski definition) is 7. The standard InChI is InChI=1S/C22H27ClN6O2/c1-30-15-14-29-22(24-25-26-29)21(17-6-8-20(31-2)9-7-17)28-12-10-27(11-13-28)19-5-3-4-18(23)16-19/h3-9,16,21H,10-15H2,1-2H3. The fraction of sp³-hybridized carbons (Fsp3) is 0.409. The molecule has 1 unspecified atom stereocenters. The van der Waals surface area contributed by atoms with E-state index in [0.717, 1.165) is 54.0 Å². The zero-order chi connectivity index (χ0) is 21.6. The van der Waals surface area contributed by atoms with Crippen LogP contribution in [0.25, 0.3) is 0 Å². The number of tetrazole rings is 1. The van der Waals surface area contributed by atoms with Crippen LogP contribution in [-0.4, -0.2) is 72.1 Å². The summed E-state index contributed by atoms with van der Waals surface area (Å²) < 4.78 is 12.4. The number of rotatable bonds is 8. The summed E-state index contributed by atoms with van der Waals surface area (Å²) in [6.45, 7) is 4.70. The Bertz CT molecular complexity index is 972. The van der Waals surface area contributed by atoms with Gasteiger partial charge in [-0.15, -0.1) is 5.10 Å². The van der Waals surface area contributed by atoms with Crippen molar-refractivity contribution in [3.8, 4) is 5.75 Å². The van der Waals surface area contributed by atoms with Crippen LogP contribution in [0, 0.1) is 0 Å². The highest BCUT2D eigenvalue weighted by atomic mass is 35.5. The first-order valence-corrected chi connectivity index (χ1v) is 10.7. The number of nitrogens with zero attached hydrogens (tertiary/aromatic N) is 6. The highest BCUT2D eigenvalue weighted by Crippen LogP contribution is 2.30. The smallest absolute Gasteiger partial charge is 0.173 e. The lowest BCUT2D eigenvalue weighted by Gasteiger charge is -2.40. The maximum atomic E-state index is 6.19. The van der Waals surface area contributed by atoms with Crippen LogP contribution in [0.5, 0.6) is 5.75 Å². The largest absolute Gasteiger partial charge is 0.497 e. The van der Waals surface area contributed by atoms with Crippen molar-refractivity contribution in [2.45, 2.75) is 12.6 Å². The van der Waals surface area contributed by atoms with E-state index in [1.165, 1.54) is 0 Å². The molecular formula is C22H27ClN6O2. The quantitative estimate of drug-likeness (QED) is 0.531. The third-order valence-electron chi connectivity index (χ3n) is 5.60. The average molecular weight is 443 g/mol. The Hall–Kier alpha value is -2.68. The average Bonchev–Trinajstić information content (AvgIpc) is 3.27. The van der Waals surface area contributed by atoms with Gasteiger partial charge in [0.25, 0.3) is 0 Å². The molecule has 1 saturated heterocycles. The summed E-state index contributed by atoms with van der Waals surface area (Å²) in [5.74, 6) is 1.64. The molecule has 2 heterocycles. The van der Waals surface area contributed by atoms with Gasteiger partial charge in [-0.25, -0.2) is 4.68 Å². The number of methoxy groups -OCH3 is 2. The summed E-state index contributed by atoms with van der Waals surface area (Å²) in [6.07, 6.45) is 0. The van der Waals surface area contributed by atoms with E-state index < -0.39 is 0 Å². The molecule has 164 valence electrons. The van der Waals surface area contributed by atoms with Crippen molar-refractivity contribution in [1.82, 2.24) is 25.1 Å². The number of piperazine rings is 1. The van der Waals surface area contributed by atoms with Gasteiger partial charge in [-0.2, -0.15) is 0 Å². The van der Waals surface area contributed by atoms with E-state index in [-0.39, 0.29) is 6.04 Å². The molecule has 1 aliphatic heterocycles. The molecule has 1 atom stereocenters. The van der Waals surface area contributed by atoms with Gasteiger partial charge in [-0.3, -0.25) is 4.90 Å². The second kappa shape index (κ2) is 10.1. The van der Waals surface area contributed by atoms with Gasteiger partial charge in [0.15, 0.2) is 5.82 Å². The molecule has 1 fully saturated rings. The molecule has 31 heavy (non-hydrogen) atoms. The molecule has 9 heteroatoms. The van der Waals surface area contributed by atoms with E-state index in [0.29, 0.717) is 13.2 Å². The Labute approximate surface area is 187 Å². The van der Waals surface area contributed by atoms with Gasteiger partial charge in [0, 0.05) is 44.0 Å². The number of hydrogen-bond donors (Lipinski definition) is 0. The molecule has 2 aromatic carbocycles. The fourth-order valence-electron chi connectivity index (χ4n) is 3.96.